The number of aliphatic hydroxyl groups is 2. The Morgan fingerprint density at radius 3 is 1.96 bits per heavy atom. The van der Waals surface area contributed by atoms with Gasteiger partial charge in [-0.25, -0.2) is 5.48 Å². The summed E-state index contributed by atoms with van der Waals surface area (Å²) < 4.78 is 0. The van der Waals surface area contributed by atoms with Crippen LogP contribution in [0, 0.1) is 0 Å². The molecule has 0 fully saturated rings. The van der Waals surface area contributed by atoms with Crippen LogP contribution in [0.4, 0.5) is 0 Å². The molecule has 0 bridgehead atoms. The number of benzene rings is 2. The first-order valence-corrected chi connectivity index (χ1v) is 7.70. The molecule has 0 saturated carbocycles. The van der Waals surface area contributed by atoms with Gasteiger partial charge in [-0.15, -0.1) is 0 Å². The molecule has 26 heavy (non-hydrogen) atoms. The summed E-state index contributed by atoms with van der Waals surface area (Å²) in [7, 11) is 0. The number of amides is 2. The largest absolute Gasteiger partial charge is 0.391 e. The van der Waals surface area contributed by atoms with E-state index in [1.165, 1.54) is 24.5 Å². The molecule has 1 unspecified atom stereocenters. The van der Waals surface area contributed by atoms with Crippen LogP contribution in [0.15, 0.2) is 54.6 Å². The van der Waals surface area contributed by atoms with Crippen molar-refractivity contribution in [1.29, 1.82) is 0 Å². The third-order valence-corrected chi connectivity index (χ3v) is 3.77. The number of rotatable bonds is 6. The molecule has 0 heterocycles. The van der Waals surface area contributed by atoms with Gasteiger partial charge in [0.15, 0.2) is 0 Å². The molecule has 0 spiro atoms. The van der Waals surface area contributed by atoms with Crippen LogP contribution in [0.25, 0.3) is 0 Å². The Hall–Kier alpha value is -2.74. The van der Waals surface area contributed by atoms with Gasteiger partial charge in [0, 0.05) is 5.56 Å². The highest BCUT2D eigenvalue weighted by atomic mass is 16.5. The van der Waals surface area contributed by atoms with Gasteiger partial charge in [-0.05, 0) is 30.2 Å². The Morgan fingerprint density at radius 1 is 0.923 bits per heavy atom. The minimum Gasteiger partial charge on any atom is -0.391 e. The molecule has 0 radical (unpaired) electrons. The molecule has 7 nitrogen and oxygen atoms in total. The number of hydroxylamine groups is 1. The monoisotopic (exact) mass is 360 g/mol. The lowest BCUT2D eigenvalue weighted by Gasteiger charge is -2.19. The molecule has 7 heteroatoms. The molecule has 0 aliphatic carbocycles. The van der Waals surface area contributed by atoms with Gasteiger partial charge in [-0.2, -0.15) is 0 Å². The molecule has 2 aromatic carbocycles. The Balaban J connectivity index is 0.00000338. The summed E-state index contributed by atoms with van der Waals surface area (Å²) in [4.78, 5) is 23.6. The maximum atomic E-state index is 12.2. The number of nitrogens with one attached hydrogen (secondary N) is 2. The summed E-state index contributed by atoms with van der Waals surface area (Å²) in [5, 5.41) is 30.9. The number of carbonyl (C=O) groups excluding carboxylic acids is 2. The van der Waals surface area contributed by atoms with Crippen molar-refractivity contribution in [2.24, 2.45) is 0 Å². The van der Waals surface area contributed by atoms with Crippen molar-refractivity contribution in [3.8, 4) is 0 Å². The second-order valence-corrected chi connectivity index (χ2v) is 5.60. The van der Waals surface area contributed by atoms with Gasteiger partial charge in [-0.1, -0.05) is 49.9 Å². The van der Waals surface area contributed by atoms with Gasteiger partial charge in [0.05, 0.1) is 6.10 Å². The molecule has 3 atom stereocenters. The molecule has 0 saturated heterocycles. The van der Waals surface area contributed by atoms with Gasteiger partial charge >= 0.3 is 0 Å². The van der Waals surface area contributed by atoms with E-state index in [0.717, 1.165) is 5.56 Å². The predicted octanol–water partition coefficient (Wildman–Crippen LogP) is 1.39. The second kappa shape index (κ2) is 9.67. The van der Waals surface area contributed by atoms with Crippen LogP contribution in [-0.2, 0) is 4.79 Å². The standard InChI is InChI=1S/C18H20N2O5.CH4/c1-11(21)15(18(24)20-25)19-17(23)14-9-7-13(8-10-14)16(22)12-5-3-2-4-6-12;/h2-11,15-16,21-22,25H,1H3,(H,19,23)(H,20,24);1H4/t11-,15+,16?;/m1./s1. The van der Waals surface area contributed by atoms with Crippen molar-refractivity contribution in [1.82, 2.24) is 10.8 Å². The zero-order valence-electron chi connectivity index (χ0n) is 13.6. The average molecular weight is 360 g/mol. The summed E-state index contributed by atoms with van der Waals surface area (Å²) in [5.41, 5.74) is 2.99. The Bertz CT molecular complexity index is 716. The zero-order valence-corrected chi connectivity index (χ0v) is 13.6. The van der Waals surface area contributed by atoms with Crippen molar-refractivity contribution in [2.75, 3.05) is 0 Å². The molecule has 2 amide bonds. The van der Waals surface area contributed by atoms with E-state index in [1.54, 1.807) is 24.3 Å². The summed E-state index contributed by atoms with van der Waals surface area (Å²) in [5.74, 6) is -1.50. The lowest BCUT2D eigenvalue weighted by molar-refractivity contribution is -0.133. The van der Waals surface area contributed by atoms with Crippen LogP contribution in [0.2, 0.25) is 0 Å². The van der Waals surface area contributed by atoms with Gasteiger partial charge in [0.25, 0.3) is 11.8 Å². The van der Waals surface area contributed by atoms with Crippen LogP contribution < -0.4 is 10.8 Å². The van der Waals surface area contributed by atoms with E-state index < -0.39 is 30.1 Å². The van der Waals surface area contributed by atoms with Crippen LogP contribution in [0.1, 0.15) is 41.9 Å². The first-order chi connectivity index (χ1) is 11.9. The fraction of sp³-hybridized carbons (Fsp3) is 0.263. The maximum Gasteiger partial charge on any atom is 0.268 e. The Kier molecular flexibility index (Phi) is 7.92. The number of aliphatic hydroxyl groups excluding tert-OH is 2. The minimum absolute atomic E-state index is 0. The summed E-state index contributed by atoms with van der Waals surface area (Å²) in [6, 6.07) is 14.0. The summed E-state index contributed by atoms with van der Waals surface area (Å²) in [6.07, 6.45) is -2.00. The van der Waals surface area contributed by atoms with E-state index in [2.05, 4.69) is 5.32 Å². The number of carbonyl (C=O) groups is 2. The van der Waals surface area contributed by atoms with Crippen molar-refractivity contribution >= 4 is 11.8 Å². The highest BCUT2D eigenvalue weighted by Crippen LogP contribution is 2.21. The highest BCUT2D eigenvalue weighted by molar-refractivity contribution is 5.97. The second-order valence-electron chi connectivity index (χ2n) is 5.60. The zero-order chi connectivity index (χ0) is 18.4. The van der Waals surface area contributed by atoms with Gasteiger partial charge in [0.1, 0.15) is 12.1 Å². The van der Waals surface area contributed by atoms with Crippen LogP contribution >= 0.6 is 0 Å². The molecule has 140 valence electrons. The van der Waals surface area contributed by atoms with Crippen molar-refractivity contribution in [2.45, 2.75) is 32.6 Å². The molecule has 0 aliphatic heterocycles. The van der Waals surface area contributed by atoms with Crippen LogP contribution in [0.5, 0.6) is 0 Å². The molecule has 0 aromatic heterocycles. The third kappa shape index (κ3) is 5.13. The predicted molar refractivity (Wildman–Crippen MR) is 96.5 cm³/mol. The van der Waals surface area contributed by atoms with Gasteiger partial charge in [-0.3, -0.25) is 14.8 Å². The first-order valence-electron chi connectivity index (χ1n) is 7.70. The van der Waals surface area contributed by atoms with E-state index in [4.69, 9.17) is 5.21 Å². The first kappa shape index (κ1) is 21.3. The smallest absolute Gasteiger partial charge is 0.268 e. The van der Waals surface area contributed by atoms with E-state index in [9.17, 15) is 19.8 Å². The fourth-order valence-electron chi connectivity index (χ4n) is 2.34. The number of hydrogen-bond acceptors (Lipinski definition) is 5. The van der Waals surface area contributed by atoms with E-state index in [1.807, 2.05) is 18.2 Å². The Labute approximate surface area is 152 Å². The minimum atomic E-state index is -1.29. The quantitative estimate of drug-likeness (QED) is 0.394. The normalized spacial score (nSPS) is 13.7. The summed E-state index contributed by atoms with van der Waals surface area (Å²) in [6.45, 7) is 1.32. The van der Waals surface area contributed by atoms with Crippen molar-refractivity contribution in [3.63, 3.8) is 0 Å². The topological polar surface area (TPSA) is 119 Å². The highest BCUT2D eigenvalue weighted by Gasteiger charge is 2.25. The van der Waals surface area contributed by atoms with E-state index in [-0.39, 0.29) is 13.0 Å². The number of hydrogen-bond donors (Lipinski definition) is 5. The van der Waals surface area contributed by atoms with E-state index >= 15 is 0 Å². The van der Waals surface area contributed by atoms with Gasteiger partial charge < -0.3 is 15.5 Å². The lowest BCUT2D eigenvalue weighted by atomic mass is 10.00. The van der Waals surface area contributed by atoms with Gasteiger partial charge in [0.2, 0.25) is 0 Å². The van der Waals surface area contributed by atoms with Crippen LogP contribution in [-0.4, -0.2) is 39.4 Å². The van der Waals surface area contributed by atoms with Crippen molar-refractivity contribution < 1.29 is 25.0 Å². The molecular weight excluding hydrogens is 336 g/mol. The van der Waals surface area contributed by atoms with E-state index in [0.29, 0.717) is 5.56 Å². The van der Waals surface area contributed by atoms with Crippen molar-refractivity contribution in [3.05, 3.63) is 71.3 Å². The maximum absolute atomic E-state index is 12.2. The molecule has 5 N–H and O–H groups in total. The van der Waals surface area contributed by atoms with Crippen LogP contribution in [0.3, 0.4) is 0 Å². The Morgan fingerprint density at radius 2 is 1.46 bits per heavy atom. The molecular formula is C19H24N2O5. The fourth-order valence-corrected chi connectivity index (χ4v) is 2.34. The molecule has 2 rings (SSSR count). The lowest BCUT2D eigenvalue weighted by Crippen LogP contribution is -2.51. The SMILES string of the molecule is C.C[C@@H](O)[C@H](NC(=O)c1ccc(C(O)c2ccccc2)cc1)C(=O)NO. The molecule has 2 aromatic rings. The average Bonchev–Trinajstić information content (AvgIpc) is 2.65. The third-order valence-electron chi connectivity index (χ3n) is 3.77. The summed E-state index contributed by atoms with van der Waals surface area (Å²) >= 11 is 0. The molecule has 0 aliphatic rings.